The first-order valence-corrected chi connectivity index (χ1v) is 7.45. The Morgan fingerprint density at radius 1 is 1.35 bits per heavy atom. The molecule has 1 unspecified atom stereocenters. The minimum atomic E-state index is -1.04. The summed E-state index contributed by atoms with van der Waals surface area (Å²) in [5, 5.41) is 9.54. The van der Waals surface area contributed by atoms with Gasteiger partial charge < -0.3 is 14.4 Å². The standard InChI is InChI=1S/C16H17ClN2O4/c1-10(16(21)22)19(2)15(20)8-7-14-18-9-13(23-14)11-3-5-12(17)6-4-11/h3-6,9-10H,7-8H2,1-2H3,(H,21,22). The van der Waals surface area contributed by atoms with Gasteiger partial charge in [0.05, 0.1) is 6.20 Å². The maximum atomic E-state index is 12.0. The van der Waals surface area contributed by atoms with E-state index in [2.05, 4.69) is 4.98 Å². The number of carboxylic acids is 1. The number of likely N-dealkylation sites (N-methyl/N-ethyl adjacent to an activating group) is 1. The number of carboxylic acid groups (broad SMARTS) is 1. The van der Waals surface area contributed by atoms with Crippen molar-refractivity contribution in [3.63, 3.8) is 0 Å². The molecule has 0 bridgehead atoms. The summed E-state index contributed by atoms with van der Waals surface area (Å²) in [6, 6.07) is 6.28. The number of nitrogens with zero attached hydrogens (tertiary/aromatic N) is 2. The molecule has 1 atom stereocenters. The van der Waals surface area contributed by atoms with Crippen molar-refractivity contribution in [2.45, 2.75) is 25.8 Å². The van der Waals surface area contributed by atoms with Crippen LogP contribution in [0.25, 0.3) is 11.3 Å². The van der Waals surface area contributed by atoms with E-state index in [-0.39, 0.29) is 12.3 Å². The number of aliphatic carboxylic acids is 1. The maximum absolute atomic E-state index is 12.0. The summed E-state index contributed by atoms with van der Waals surface area (Å²) in [6.07, 6.45) is 2.03. The van der Waals surface area contributed by atoms with Crippen LogP contribution in [0.15, 0.2) is 34.9 Å². The van der Waals surface area contributed by atoms with E-state index >= 15 is 0 Å². The van der Waals surface area contributed by atoms with Gasteiger partial charge in [0.1, 0.15) is 6.04 Å². The molecule has 0 aliphatic rings. The van der Waals surface area contributed by atoms with Crippen molar-refractivity contribution in [1.82, 2.24) is 9.88 Å². The highest BCUT2D eigenvalue weighted by Crippen LogP contribution is 2.22. The summed E-state index contributed by atoms with van der Waals surface area (Å²) in [7, 11) is 1.47. The predicted molar refractivity (Wildman–Crippen MR) is 85.1 cm³/mol. The summed E-state index contributed by atoms with van der Waals surface area (Å²) in [6.45, 7) is 1.46. The molecular formula is C16H17ClN2O4. The molecule has 122 valence electrons. The van der Waals surface area contributed by atoms with Crippen molar-refractivity contribution < 1.29 is 19.1 Å². The topological polar surface area (TPSA) is 83.6 Å². The number of oxazole rings is 1. The molecular weight excluding hydrogens is 320 g/mol. The van der Waals surface area contributed by atoms with Crippen molar-refractivity contribution in [3.05, 3.63) is 41.4 Å². The second-order valence-electron chi connectivity index (χ2n) is 5.14. The molecule has 1 aromatic carbocycles. The first-order valence-electron chi connectivity index (χ1n) is 7.07. The fraction of sp³-hybridized carbons (Fsp3) is 0.312. The zero-order valence-corrected chi connectivity index (χ0v) is 13.6. The van der Waals surface area contributed by atoms with Gasteiger partial charge in [0.15, 0.2) is 11.7 Å². The molecule has 0 fully saturated rings. The number of rotatable bonds is 6. The van der Waals surface area contributed by atoms with Crippen LogP contribution in [0.3, 0.4) is 0 Å². The fourth-order valence-corrected chi connectivity index (χ4v) is 2.07. The number of carbonyl (C=O) groups excluding carboxylic acids is 1. The minimum absolute atomic E-state index is 0.134. The lowest BCUT2D eigenvalue weighted by Crippen LogP contribution is -2.40. The number of aryl methyl sites for hydroxylation is 1. The molecule has 0 spiro atoms. The lowest BCUT2D eigenvalue weighted by atomic mass is 10.2. The zero-order chi connectivity index (χ0) is 17.0. The van der Waals surface area contributed by atoms with E-state index in [1.165, 1.54) is 18.9 Å². The van der Waals surface area contributed by atoms with Crippen LogP contribution in [0, 0.1) is 0 Å². The van der Waals surface area contributed by atoms with Crippen molar-refractivity contribution in [3.8, 4) is 11.3 Å². The normalized spacial score (nSPS) is 12.0. The average Bonchev–Trinajstić information content (AvgIpc) is 3.00. The maximum Gasteiger partial charge on any atom is 0.326 e. The second kappa shape index (κ2) is 7.28. The third-order valence-electron chi connectivity index (χ3n) is 3.57. The average molecular weight is 337 g/mol. The predicted octanol–water partition coefficient (Wildman–Crippen LogP) is 2.86. The Bertz CT molecular complexity index is 696. The number of hydrogen-bond acceptors (Lipinski definition) is 4. The summed E-state index contributed by atoms with van der Waals surface area (Å²) in [5.74, 6) is -0.288. The third-order valence-corrected chi connectivity index (χ3v) is 3.82. The van der Waals surface area contributed by atoms with Gasteiger partial charge in [0, 0.05) is 30.5 Å². The molecule has 0 radical (unpaired) electrons. The molecule has 0 aliphatic heterocycles. The minimum Gasteiger partial charge on any atom is -0.480 e. The van der Waals surface area contributed by atoms with Gasteiger partial charge in [0.25, 0.3) is 0 Å². The Kier molecular flexibility index (Phi) is 5.39. The van der Waals surface area contributed by atoms with Crippen molar-refractivity contribution in [2.24, 2.45) is 0 Å². The molecule has 2 aromatic rings. The third kappa shape index (κ3) is 4.32. The van der Waals surface area contributed by atoms with E-state index in [0.29, 0.717) is 23.1 Å². The number of carbonyl (C=O) groups is 2. The Balaban J connectivity index is 1.96. The Hall–Kier alpha value is -2.34. The van der Waals surface area contributed by atoms with Crippen LogP contribution >= 0.6 is 11.6 Å². The summed E-state index contributed by atoms with van der Waals surface area (Å²) < 4.78 is 5.61. The lowest BCUT2D eigenvalue weighted by Gasteiger charge is -2.21. The summed E-state index contributed by atoms with van der Waals surface area (Å²) in [5.41, 5.74) is 0.844. The number of amides is 1. The van der Waals surface area contributed by atoms with Gasteiger partial charge in [-0.2, -0.15) is 0 Å². The summed E-state index contributed by atoms with van der Waals surface area (Å²) >= 11 is 5.84. The van der Waals surface area contributed by atoms with Crippen molar-refractivity contribution >= 4 is 23.5 Å². The fourth-order valence-electron chi connectivity index (χ4n) is 1.95. The van der Waals surface area contributed by atoms with Crippen LogP contribution in [-0.4, -0.2) is 40.0 Å². The monoisotopic (exact) mass is 336 g/mol. The van der Waals surface area contributed by atoms with Gasteiger partial charge in [-0.1, -0.05) is 11.6 Å². The van der Waals surface area contributed by atoms with Gasteiger partial charge in [-0.15, -0.1) is 0 Å². The largest absolute Gasteiger partial charge is 0.480 e. The highest BCUT2D eigenvalue weighted by molar-refractivity contribution is 6.30. The second-order valence-corrected chi connectivity index (χ2v) is 5.58. The molecule has 1 N–H and O–H groups in total. The van der Waals surface area contributed by atoms with Crippen LogP contribution in [0.1, 0.15) is 19.2 Å². The first kappa shape index (κ1) is 17.0. The highest BCUT2D eigenvalue weighted by atomic mass is 35.5. The molecule has 1 aromatic heterocycles. The van der Waals surface area contributed by atoms with Crippen LogP contribution in [0.5, 0.6) is 0 Å². The van der Waals surface area contributed by atoms with E-state index in [1.807, 2.05) is 12.1 Å². The van der Waals surface area contributed by atoms with E-state index in [1.54, 1.807) is 18.3 Å². The van der Waals surface area contributed by atoms with Gasteiger partial charge in [-0.25, -0.2) is 9.78 Å². The quantitative estimate of drug-likeness (QED) is 0.876. The van der Waals surface area contributed by atoms with Crippen molar-refractivity contribution in [1.29, 1.82) is 0 Å². The molecule has 0 saturated carbocycles. The van der Waals surface area contributed by atoms with Crippen LogP contribution in [0.2, 0.25) is 5.02 Å². The lowest BCUT2D eigenvalue weighted by molar-refractivity contribution is -0.148. The molecule has 1 heterocycles. The molecule has 23 heavy (non-hydrogen) atoms. The number of aromatic nitrogens is 1. The smallest absolute Gasteiger partial charge is 0.326 e. The molecule has 0 saturated heterocycles. The van der Waals surface area contributed by atoms with Crippen LogP contribution in [0.4, 0.5) is 0 Å². The van der Waals surface area contributed by atoms with Gasteiger partial charge in [-0.3, -0.25) is 4.79 Å². The van der Waals surface area contributed by atoms with E-state index < -0.39 is 12.0 Å². The zero-order valence-electron chi connectivity index (χ0n) is 12.8. The van der Waals surface area contributed by atoms with Gasteiger partial charge >= 0.3 is 5.97 Å². The number of hydrogen-bond donors (Lipinski definition) is 1. The van der Waals surface area contributed by atoms with E-state index in [9.17, 15) is 9.59 Å². The highest BCUT2D eigenvalue weighted by Gasteiger charge is 2.21. The Morgan fingerprint density at radius 3 is 2.61 bits per heavy atom. The number of benzene rings is 1. The summed E-state index contributed by atoms with van der Waals surface area (Å²) in [4.78, 5) is 28.2. The van der Waals surface area contributed by atoms with Crippen molar-refractivity contribution in [2.75, 3.05) is 7.05 Å². The van der Waals surface area contributed by atoms with Gasteiger partial charge in [-0.05, 0) is 31.2 Å². The molecule has 2 rings (SSSR count). The molecule has 7 heteroatoms. The number of halogens is 1. The van der Waals surface area contributed by atoms with Crippen LogP contribution < -0.4 is 0 Å². The van der Waals surface area contributed by atoms with E-state index in [0.717, 1.165) is 5.56 Å². The first-order chi connectivity index (χ1) is 10.9. The Morgan fingerprint density at radius 2 is 2.00 bits per heavy atom. The van der Waals surface area contributed by atoms with E-state index in [4.69, 9.17) is 21.1 Å². The molecule has 1 amide bonds. The Labute approximate surface area is 138 Å². The van der Waals surface area contributed by atoms with Crippen LogP contribution in [-0.2, 0) is 16.0 Å². The van der Waals surface area contributed by atoms with Gasteiger partial charge in [0.2, 0.25) is 5.91 Å². The molecule has 0 aliphatic carbocycles. The molecule has 6 nitrogen and oxygen atoms in total. The SMILES string of the molecule is CC(C(=O)O)N(C)C(=O)CCc1ncc(-c2ccc(Cl)cc2)o1.